The topological polar surface area (TPSA) is 211 Å². The molecular formula is C23H20N2O9S. The molecule has 0 amide bonds. The van der Waals surface area contributed by atoms with E-state index in [2.05, 4.69) is 60.7 Å². The van der Waals surface area contributed by atoms with Gasteiger partial charge in [0.2, 0.25) is 12.2 Å². The third-order valence-corrected chi connectivity index (χ3v) is 4.78. The first-order chi connectivity index (χ1) is 16.5. The van der Waals surface area contributed by atoms with Gasteiger partial charge in [0, 0.05) is 0 Å². The lowest BCUT2D eigenvalue weighted by molar-refractivity contribution is 0.0688. The molecule has 0 aliphatic rings. The number of hydrogen-bond donors (Lipinski definition) is 5. The van der Waals surface area contributed by atoms with Crippen molar-refractivity contribution in [2.24, 2.45) is 0 Å². The van der Waals surface area contributed by atoms with E-state index in [4.69, 9.17) is 35.2 Å². The van der Waals surface area contributed by atoms with Gasteiger partial charge in [0.05, 0.1) is 11.1 Å². The fourth-order valence-electron chi connectivity index (χ4n) is 2.58. The zero-order valence-corrected chi connectivity index (χ0v) is 18.7. The van der Waals surface area contributed by atoms with Gasteiger partial charge in [-0.25, -0.2) is 30.0 Å². The molecule has 3 rings (SSSR count). The van der Waals surface area contributed by atoms with Crippen molar-refractivity contribution in [3.8, 4) is 0 Å². The van der Waals surface area contributed by atoms with Crippen LogP contribution in [0.25, 0.3) is 0 Å². The summed E-state index contributed by atoms with van der Waals surface area (Å²) >= 11 is 0. The van der Waals surface area contributed by atoms with Crippen LogP contribution in [0.2, 0.25) is 0 Å². The van der Waals surface area contributed by atoms with Gasteiger partial charge < -0.3 is 10.2 Å². The summed E-state index contributed by atoms with van der Waals surface area (Å²) in [6.45, 7) is 0. The lowest BCUT2D eigenvalue weighted by Gasteiger charge is -2.05. The van der Waals surface area contributed by atoms with Crippen LogP contribution in [0.4, 0.5) is 0 Å². The predicted molar refractivity (Wildman–Crippen MR) is 123 cm³/mol. The fourth-order valence-corrected chi connectivity index (χ4v) is 3.45. The van der Waals surface area contributed by atoms with E-state index >= 15 is 0 Å². The smallest absolute Gasteiger partial charge is 0.337 e. The summed E-state index contributed by atoms with van der Waals surface area (Å²) < 4.78 is 30.6. The van der Waals surface area contributed by atoms with E-state index in [1.165, 1.54) is 11.1 Å². The van der Waals surface area contributed by atoms with E-state index < -0.39 is 38.1 Å². The highest BCUT2D eigenvalue weighted by Gasteiger charge is 2.26. The van der Waals surface area contributed by atoms with Gasteiger partial charge >= 0.3 is 11.9 Å². The molecule has 0 fully saturated rings. The van der Waals surface area contributed by atoms with Crippen molar-refractivity contribution in [2.45, 2.75) is 11.3 Å². The second-order valence-corrected chi connectivity index (χ2v) is 7.48. The summed E-state index contributed by atoms with van der Waals surface area (Å²) in [6, 6.07) is 23.9. The van der Waals surface area contributed by atoms with Crippen LogP contribution in [0.5, 0.6) is 0 Å². The van der Waals surface area contributed by atoms with Crippen LogP contribution in [0.1, 0.15) is 31.8 Å². The van der Waals surface area contributed by atoms with Crippen LogP contribution in [0.3, 0.4) is 0 Å². The zero-order chi connectivity index (χ0) is 26.9. The first kappa shape index (κ1) is 30.3. The number of hydrogen-bond acceptors (Lipinski definition) is 8. The standard InChI is InChI=1S/C13H12.C8H6O7S.2CHNO/c1-3-7-12(8-4-1)11-13-9-5-2-6-10-13;9-7(10)4-2-1-3-5(8(11)12)6(4)16(13,14)15;2*2-1-3/h1-10H,11H2;1-3H,(H,9,10)(H,11,12)(H,13,14,15);2*2H. The Kier molecular flexibility index (Phi) is 13.8. The molecule has 0 aromatic heterocycles. The van der Waals surface area contributed by atoms with Crippen molar-refractivity contribution in [2.75, 3.05) is 0 Å². The third-order valence-electron chi connectivity index (χ3n) is 3.83. The van der Waals surface area contributed by atoms with Crippen LogP contribution in [-0.4, -0.2) is 47.3 Å². The van der Waals surface area contributed by atoms with Crippen molar-refractivity contribution in [1.82, 2.24) is 0 Å². The Hall–Kier alpha value is -4.73. The van der Waals surface area contributed by atoms with E-state index in [1.54, 1.807) is 0 Å². The summed E-state index contributed by atoms with van der Waals surface area (Å²) in [7, 11) is -4.92. The van der Waals surface area contributed by atoms with E-state index in [-0.39, 0.29) is 0 Å². The highest BCUT2D eigenvalue weighted by molar-refractivity contribution is 7.86. The molecule has 0 radical (unpaired) electrons. The van der Waals surface area contributed by atoms with Gasteiger partial charge in [-0.15, -0.1) is 0 Å². The van der Waals surface area contributed by atoms with Crippen molar-refractivity contribution in [3.05, 3.63) is 101 Å². The van der Waals surface area contributed by atoms with Crippen molar-refractivity contribution < 1.29 is 42.4 Å². The van der Waals surface area contributed by atoms with Crippen molar-refractivity contribution in [1.29, 1.82) is 10.8 Å². The second-order valence-electron chi connectivity index (χ2n) is 6.12. The number of carboxylic acids is 2. The van der Waals surface area contributed by atoms with Gasteiger partial charge in [-0.1, -0.05) is 66.7 Å². The second kappa shape index (κ2) is 16.0. The Bertz CT molecular complexity index is 1200. The van der Waals surface area contributed by atoms with Crippen LogP contribution in [0.15, 0.2) is 83.8 Å². The molecule has 0 heterocycles. The minimum atomic E-state index is -4.92. The molecule has 0 atom stereocenters. The van der Waals surface area contributed by atoms with Crippen LogP contribution >= 0.6 is 0 Å². The first-order valence-electron chi connectivity index (χ1n) is 9.26. The summed E-state index contributed by atoms with van der Waals surface area (Å²) in [5.41, 5.74) is 1.16. The molecule has 3 aromatic rings. The van der Waals surface area contributed by atoms with E-state index in [0.717, 1.165) is 36.8 Å². The van der Waals surface area contributed by atoms with Gasteiger partial charge in [-0.3, -0.25) is 4.55 Å². The fraction of sp³-hybridized carbons (Fsp3) is 0.0435. The molecule has 0 spiro atoms. The molecule has 0 bridgehead atoms. The molecule has 0 aliphatic heterocycles. The monoisotopic (exact) mass is 500 g/mol. The Morgan fingerprint density at radius 1 is 0.686 bits per heavy atom. The molecule has 35 heavy (non-hydrogen) atoms. The minimum Gasteiger partial charge on any atom is -0.478 e. The normalized spacial score (nSPS) is 9.17. The first-order valence-corrected chi connectivity index (χ1v) is 10.7. The number of carbonyl (C=O) groups excluding carboxylic acids is 2. The van der Waals surface area contributed by atoms with Crippen LogP contribution in [-0.2, 0) is 26.1 Å². The zero-order valence-electron chi connectivity index (χ0n) is 17.9. The maximum atomic E-state index is 10.9. The van der Waals surface area contributed by atoms with Crippen molar-refractivity contribution in [3.63, 3.8) is 0 Å². The SMILES string of the molecule is N=C=O.N=C=O.O=C(O)c1cccc(C(=O)O)c1S(=O)(=O)O.c1ccc(Cc2ccccc2)cc1. The number of aromatic carboxylic acids is 2. The van der Waals surface area contributed by atoms with Crippen molar-refractivity contribution >= 4 is 34.2 Å². The highest BCUT2D eigenvalue weighted by Crippen LogP contribution is 2.20. The Morgan fingerprint density at radius 2 is 1.00 bits per heavy atom. The molecule has 5 N–H and O–H groups in total. The van der Waals surface area contributed by atoms with Gasteiger partial charge in [-0.2, -0.15) is 8.42 Å². The summed E-state index contributed by atoms with van der Waals surface area (Å²) in [5.74, 6) is -3.29. The van der Waals surface area contributed by atoms with Crippen LogP contribution in [0, 0.1) is 10.8 Å². The lowest BCUT2D eigenvalue weighted by Crippen LogP contribution is -2.14. The number of benzene rings is 3. The number of carbonyl (C=O) groups is 2. The van der Waals surface area contributed by atoms with Gasteiger partial charge in [0.25, 0.3) is 10.1 Å². The van der Waals surface area contributed by atoms with Gasteiger partial charge in [-0.05, 0) is 29.7 Å². The molecular weight excluding hydrogens is 480 g/mol. The quantitative estimate of drug-likeness (QED) is 0.197. The summed E-state index contributed by atoms with van der Waals surface area (Å²) in [5, 5.41) is 28.1. The Morgan fingerprint density at radius 3 is 1.26 bits per heavy atom. The molecule has 0 aliphatic carbocycles. The number of carboxylic acid groups (broad SMARTS) is 2. The molecule has 0 saturated carbocycles. The Balaban J connectivity index is 0.000000545. The maximum absolute atomic E-state index is 10.9. The predicted octanol–water partition coefficient (Wildman–Crippen LogP) is 3.41. The van der Waals surface area contributed by atoms with Crippen LogP contribution < -0.4 is 0 Å². The molecule has 3 aromatic carbocycles. The average Bonchev–Trinajstić information content (AvgIpc) is 2.81. The highest BCUT2D eigenvalue weighted by atomic mass is 32.2. The number of rotatable bonds is 5. The molecule has 0 saturated heterocycles. The third kappa shape index (κ3) is 11.6. The molecule has 12 heteroatoms. The van der Waals surface area contributed by atoms with Gasteiger partial charge in [0.1, 0.15) is 4.90 Å². The molecule has 0 unspecified atom stereocenters. The van der Waals surface area contributed by atoms with Gasteiger partial charge in [0.15, 0.2) is 0 Å². The Labute approximate surface area is 200 Å². The largest absolute Gasteiger partial charge is 0.478 e. The number of isocyanates is 2. The summed E-state index contributed by atoms with van der Waals surface area (Å²) in [4.78, 5) is 36.9. The van der Waals surface area contributed by atoms with E-state index in [1.807, 2.05) is 0 Å². The number of nitrogens with one attached hydrogen (secondary N) is 2. The maximum Gasteiger partial charge on any atom is 0.337 e. The van der Waals surface area contributed by atoms with E-state index in [9.17, 15) is 18.0 Å². The lowest BCUT2D eigenvalue weighted by atomic mass is 10.1. The molecule has 11 nitrogen and oxygen atoms in total. The van der Waals surface area contributed by atoms with E-state index in [0.29, 0.717) is 0 Å². The average molecular weight is 500 g/mol. The summed E-state index contributed by atoms with van der Waals surface area (Å²) in [6.07, 6.45) is 2.53. The minimum absolute atomic E-state index is 0.750. The molecule has 182 valence electrons.